The molecule has 0 unspecified atom stereocenters. The number of carbonyl (C=O) groups is 1. The van der Waals surface area contributed by atoms with Crippen LogP contribution >= 0.6 is 0 Å². The smallest absolute Gasteiger partial charge is 0.416 e. The fourth-order valence-electron chi connectivity index (χ4n) is 3.06. The summed E-state index contributed by atoms with van der Waals surface area (Å²) in [4.78, 5) is 12.8. The average Bonchev–Trinajstić information content (AvgIpc) is 2.66. The molecule has 10 heteroatoms. The summed E-state index contributed by atoms with van der Waals surface area (Å²) in [5.74, 6) is -0.132. The van der Waals surface area contributed by atoms with Crippen LogP contribution in [0.1, 0.15) is 31.0 Å². The summed E-state index contributed by atoms with van der Waals surface area (Å²) >= 11 is 0. The Morgan fingerprint density at radius 1 is 1.10 bits per heavy atom. The van der Waals surface area contributed by atoms with Crippen LogP contribution in [0.5, 0.6) is 5.75 Å². The second-order valence-electron chi connectivity index (χ2n) is 6.76. The highest BCUT2D eigenvalue weighted by Gasteiger charge is 2.34. The maximum atomic E-state index is 13.1. The Labute approximate surface area is 173 Å². The summed E-state index contributed by atoms with van der Waals surface area (Å²) in [5, 5.41) is 2.69. The minimum atomic E-state index is -4.65. The second-order valence-corrected chi connectivity index (χ2v) is 8.61. The standard InChI is InChI=1S/C20H23F3N2O4S/c1-13(17-10-5-6-11-18(17)29-3)24-19(26)14(2)25(30(4,27)28)16-9-7-8-15(12-16)20(21,22)23/h5-14H,1-4H3,(H,24,26)/t13-,14+/m1/s1. The molecule has 1 amide bonds. The number of halogens is 3. The summed E-state index contributed by atoms with van der Waals surface area (Å²) < 4.78 is 69.8. The molecule has 0 radical (unpaired) electrons. The Kier molecular flexibility index (Phi) is 7.02. The Hall–Kier alpha value is -2.75. The molecule has 0 aliphatic carbocycles. The fourth-order valence-corrected chi connectivity index (χ4v) is 4.23. The van der Waals surface area contributed by atoms with Crippen LogP contribution in [0, 0.1) is 0 Å². The van der Waals surface area contributed by atoms with Crippen LogP contribution in [0.25, 0.3) is 0 Å². The molecule has 2 rings (SSSR count). The van der Waals surface area contributed by atoms with Gasteiger partial charge in [-0.05, 0) is 38.1 Å². The van der Waals surface area contributed by atoms with Crippen LogP contribution in [-0.4, -0.2) is 33.7 Å². The minimum absolute atomic E-state index is 0.250. The van der Waals surface area contributed by atoms with Crippen molar-refractivity contribution in [2.75, 3.05) is 17.7 Å². The number of rotatable bonds is 7. The Morgan fingerprint density at radius 3 is 2.30 bits per heavy atom. The summed E-state index contributed by atoms with van der Waals surface area (Å²) in [6, 6.07) is 9.01. The van der Waals surface area contributed by atoms with E-state index in [9.17, 15) is 26.4 Å². The minimum Gasteiger partial charge on any atom is -0.496 e. The second kappa shape index (κ2) is 8.95. The van der Waals surface area contributed by atoms with E-state index in [0.717, 1.165) is 18.4 Å². The maximum Gasteiger partial charge on any atom is 0.416 e. The van der Waals surface area contributed by atoms with Gasteiger partial charge in [-0.1, -0.05) is 24.3 Å². The number of benzene rings is 2. The van der Waals surface area contributed by atoms with E-state index in [1.165, 1.54) is 20.1 Å². The molecule has 0 saturated heterocycles. The molecule has 0 aliphatic heterocycles. The summed E-state index contributed by atoms with van der Waals surface area (Å²) in [7, 11) is -2.58. The Morgan fingerprint density at radius 2 is 1.73 bits per heavy atom. The summed E-state index contributed by atoms with van der Waals surface area (Å²) in [6.07, 6.45) is -3.82. The molecule has 30 heavy (non-hydrogen) atoms. The fraction of sp³-hybridized carbons (Fsp3) is 0.350. The molecule has 1 N–H and O–H groups in total. The van der Waals surface area contributed by atoms with Gasteiger partial charge >= 0.3 is 6.18 Å². The van der Waals surface area contributed by atoms with E-state index >= 15 is 0 Å². The van der Waals surface area contributed by atoms with E-state index in [-0.39, 0.29) is 5.69 Å². The first-order valence-corrected chi connectivity index (χ1v) is 10.8. The first-order chi connectivity index (χ1) is 13.9. The molecule has 0 saturated carbocycles. The van der Waals surface area contributed by atoms with E-state index < -0.39 is 39.8 Å². The number of nitrogens with zero attached hydrogens (tertiary/aromatic N) is 1. The van der Waals surface area contributed by atoms with E-state index in [2.05, 4.69) is 5.32 Å². The SMILES string of the molecule is COc1ccccc1[C@@H](C)NC(=O)[C@H](C)N(c1cccc(C(F)(F)F)c1)S(C)(=O)=O. The normalized spacial score (nSPS) is 14.0. The molecule has 0 fully saturated rings. The average molecular weight is 444 g/mol. The van der Waals surface area contributed by atoms with Crippen LogP contribution < -0.4 is 14.4 Å². The van der Waals surface area contributed by atoms with Crippen molar-refractivity contribution in [2.45, 2.75) is 32.1 Å². The van der Waals surface area contributed by atoms with Crippen molar-refractivity contribution in [2.24, 2.45) is 0 Å². The number of methoxy groups -OCH3 is 1. The zero-order valence-electron chi connectivity index (χ0n) is 16.9. The van der Waals surface area contributed by atoms with Crippen molar-refractivity contribution in [3.63, 3.8) is 0 Å². The number of ether oxygens (including phenoxy) is 1. The van der Waals surface area contributed by atoms with E-state index in [0.29, 0.717) is 21.7 Å². The largest absolute Gasteiger partial charge is 0.496 e. The molecule has 164 valence electrons. The number of anilines is 1. The monoisotopic (exact) mass is 444 g/mol. The molecule has 0 aromatic heterocycles. The lowest BCUT2D eigenvalue weighted by Crippen LogP contribution is -2.48. The Balaban J connectivity index is 2.34. The topological polar surface area (TPSA) is 75.7 Å². The van der Waals surface area contributed by atoms with Crippen molar-refractivity contribution in [1.29, 1.82) is 0 Å². The third-order valence-corrected chi connectivity index (χ3v) is 5.72. The number of para-hydroxylation sites is 1. The van der Waals surface area contributed by atoms with Gasteiger partial charge in [-0.3, -0.25) is 9.10 Å². The van der Waals surface area contributed by atoms with Crippen molar-refractivity contribution < 1.29 is 31.1 Å². The molecule has 0 spiro atoms. The van der Waals surface area contributed by atoms with Gasteiger partial charge in [0.25, 0.3) is 0 Å². The number of nitrogens with one attached hydrogen (secondary N) is 1. The van der Waals surface area contributed by atoms with Crippen molar-refractivity contribution in [3.8, 4) is 5.75 Å². The molecule has 2 aromatic rings. The molecule has 0 heterocycles. The molecule has 2 atom stereocenters. The van der Waals surface area contributed by atoms with Crippen LogP contribution in [0.2, 0.25) is 0 Å². The van der Waals surface area contributed by atoms with Gasteiger partial charge in [0.2, 0.25) is 15.9 Å². The van der Waals surface area contributed by atoms with Gasteiger partial charge in [-0.2, -0.15) is 13.2 Å². The zero-order chi connectivity index (χ0) is 22.7. The summed E-state index contributed by atoms with van der Waals surface area (Å²) in [6.45, 7) is 3.00. The number of amides is 1. The quantitative estimate of drug-likeness (QED) is 0.706. The van der Waals surface area contributed by atoms with Gasteiger partial charge in [0.1, 0.15) is 11.8 Å². The molecule has 6 nitrogen and oxygen atoms in total. The Bertz CT molecular complexity index is 1010. The van der Waals surface area contributed by atoms with Crippen molar-refractivity contribution in [1.82, 2.24) is 5.32 Å². The van der Waals surface area contributed by atoms with E-state index in [1.807, 2.05) is 0 Å². The number of hydrogen-bond donors (Lipinski definition) is 1. The first kappa shape index (κ1) is 23.5. The highest BCUT2D eigenvalue weighted by atomic mass is 32.2. The lowest BCUT2D eigenvalue weighted by Gasteiger charge is -2.30. The molecular weight excluding hydrogens is 421 g/mol. The number of alkyl halides is 3. The van der Waals surface area contributed by atoms with Gasteiger partial charge in [0, 0.05) is 5.56 Å². The van der Waals surface area contributed by atoms with Crippen molar-refractivity contribution >= 4 is 21.6 Å². The van der Waals surface area contributed by atoms with E-state index in [4.69, 9.17) is 4.74 Å². The molecule has 2 aromatic carbocycles. The zero-order valence-corrected chi connectivity index (χ0v) is 17.7. The third-order valence-electron chi connectivity index (χ3n) is 4.48. The van der Waals surface area contributed by atoms with Crippen molar-refractivity contribution in [3.05, 3.63) is 59.7 Å². The van der Waals surface area contributed by atoms with Gasteiger partial charge in [-0.25, -0.2) is 8.42 Å². The maximum absolute atomic E-state index is 13.1. The highest BCUT2D eigenvalue weighted by Crippen LogP contribution is 2.33. The first-order valence-electron chi connectivity index (χ1n) is 8.96. The summed E-state index contributed by atoms with van der Waals surface area (Å²) in [5.41, 5.74) is -0.589. The molecular formula is C20H23F3N2O4S. The number of hydrogen-bond acceptors (Lipinski definition) is 4. The van der Waals surface area contributed by atoms with Gasteiger partial charge in [0.15, 0.2) is 0 Å². The van der Waals surface area contributed by atoms with Gasteiger partial charge < -0.3 is 10.1 Å². The van der Waals surface area contributed by atoms with Crippen LogP contribution in [-0.2, 0) is 21.0 Å². The predicted octanol–water partition coefficient (Wildman–Crippen LogP) is 3.75. The third kappa shape index (κ3) is 5.44. The lowest BCUT2D eigenvalue weighted by atomic mass is 10.1. The van der Waals surface area contributed by atoms with Gasteiger partial charge in [0.05, 0.1) is 30.7 Å². The van der Waals surface area contributed by atoms with E-state index in [1.54, 1.807) is 31.2 Å². The van der Waals surface area contributed by atoms with Crippen LogP contribution in [0.3, 0.4) is 0 Å². The van der Waals surface area contributed by atoms with Gasteiger partial charge in [-0.15, -0.1) is 0 Å². The predicted molar refractivity (Wildman–Crippen MR) is 108 cm³/mol. The molecule has 0 bridgehead atoms. The number of sulfonamides is 1. The number of carbonyl (C=O) groups excluding carboxylic acids is 1. The van der Waals surface area contributed by atoms with Crippen LogP contribution in [0.15, 0.2) is 48.5 Å². The van der Waals surface area contributed by atoms with Crippen LogP contribution in [0.4, 0.5) is 18.9 Å². The lowest BCUT2D eigenvalue weighted by molar-refractivity contribution is -0.137. The highest BCUT2D eigenvalue weighted by molar-refractivity contribution is 7.92. The molecule has 0 aliphatic rings.